The van der Waals surface area contributed by atoms with E-state index in [1.807, 2.05) is 37.3 Å². The van der Waals surface area contributed by atoms with E-state index in [4.69, 9.17) is 16.3 Å². The van der Waals surface area contributed by atoms with Gasteiger partial charge in [-0.2, -0.15) is 0 Å². The van der Waals surface area contributed by atoms with Gasteiger partial charge in [-0.05, 0) is 98.1 Å². The number of halogens is 3. The molecule has 32 heavy (non-hydrogen) atoms. The number of nitrogens with zero attached hydrogens (tertiary/aromatic N) is 1. The smallest absolute Gasteiger partial charge is 0.298 e. The molecule has 1 heterocycles. The van der Waals surface area contributed by atoms with Crippen molar-refractivity contribution in [3.05, 3.63) is 96.2 Å². The number of anilines is 1. The maximum Gasteiger partial charge on any atom is 0.298 e. The van der Waals surface area contributed by atoms with Gasteiger partial charge in [-0.3, -0.25) is 9.59 Å². The van der Waals surface area contributed by atoms with E-state index in [0.717, 1.165) is 36.7 Å². The summed E-state index contributed by atoms with van der Waals surface area (Å²) in [5.41, 5.74) is 3.45. The molecule has 0 spiro atoms. The Morgan fingerprint density at radius 3 is 2.44 bits per heavy atom. The number of thioether (sulfide) groups is 1. The summed E-state index contributed by atoms with van der Waals surface area (Å²) in [4.78, 5) is 26.8. The van der Waals surface area contributed by atoms with E-state index >= 15 is 0 Å². The molecule has 0 saturated carbocycles. The number of carbonyl (C=O) groups excluding carboxylic acids is 2. The van der Waals surface area contributed by atoms with Gasteiger partial charge in [0.15, 0.2) is 0 Å². The van der Waals surface area contributed by atoms with E-state index in [2.05, 4.69) is 37.9 Å². The van der Waals surface area contributed by atoms with Crippen molar-refractivity contribution in [3.63, 3.8) is 0 Å². The topological polar surface area (TPSA) is 46.6 Å². The highest BCUT2D eigenvalue weighted by atomic mass is 79.9. The lowest BCUT2D eigenvalue weighted by molar-refractivity contribution is -0.113. The first-order valence-electron chi connectivity index (χ1n) is 9.53. The molecular weight excluding hydrogens is 578 g/mol. The average Bonchev–Trinajstić information content (AvgIpc) is 3.00. The fourth-order valence-electron chi connectivity index (χ4n) is 3.22. The number of hydrogen-bond donors (Lipinski definition) is 0. The molecule has 1 saturated heterocycles. The highest BCUT2D eigenvalue weighted by molar-refractivity contribution is 9.11. The predicted molar refractivity (Wildman–Crippen MR) is 137 cm³/mol. The van der Waals surface area contributed by atoms with Crippen LogP contribution in [0, 0.1) is 6.92 Å². The zero-order valence-corrected chi connectivity index (χ0v) is 21.5. The van der Waals surface area contributed by atoms with Crippen LogP contribution in [0.1, 0.15) is 16.7 Å². The molecular formula is C24H16Br2ClNO3S. The van der Waals surface area contributed by atoms with Gasteiger partial charge in [0.2, 0.25) is 0 Å². The van der Waals surface area contributed by atoms with Crippen LogP contribution in [0.2, 0.25) is 5.02 Å². The molecule has 2 amide bonds. The molecule has 0 aliphatic carbocycles. The highest BCUT2D eigenvalue weighted by Crippen LogP contribution is 2.39. The van der Waals surface area contributed by atoms with E-state index in [-0.39, 0.29) is 11.1 Å². The molecule has 1 fully saturated rings. The largest absolute Gasteiger partial charge is 0.487 e. The van der Waals surface area contributed by atoms with Crippen molar-refractivity contribution in [1.82, 2.24) is 0 Å². The van der Waals surface area contributed by atoms with Gasteiger partial charge in [-0.15, -0.1) is 0 Å². The average molecular weight is 594 g/mol. The molecule has 4 nitrogen and oxygen atoms in total. The SMILES string of the molecule is Cc1cccc(COc2c(Br)cc(/C=C3/SC(=O)N(c4cccc(Cl)c4)C3=O)cc2Br)c1. The Kier molecular flexibility index (Phi) is 7.10. The Balaban J connectivity index is 1.55. The Morgan fingerprint density at radius 1 is 1.03 bits per heavy atom. The van der Waals surface area contributed by atoms with Crippen LogP contribution in [0.25, 0.3) is 6.08 Å². The normalized spacial score (nSPS) is 15.0. The molecule has 162 valence electrons. The van der Waals surface area contributed by atoms with Crippen molar-refractivity contribution in [1.29, 1.82) is 0 Å². The second kappa shape index (κ2) is 9.83. The maximum absolute atomic E-state index is 12.9. The first-order valence-corrected chi connectivity index (χ1v) is 12.3. The molecule has 1 aliphatic heterocycles. The summed E-state index contributed by atoms with van der Waals surface area (Å²) in [6.45, 7) is 2.47. The van der Waals surface area contributed by atoms with Crippen LogP contribution in [0.4, 0.5) is 10.5 Å². The Labute approximate surface area is 211 Å². The van der Waals surface area contributed by atoms with E-state index in [1.165, 1.54) is 5.56 Å². The van der Waals surface area contributed by atoms with Gasteiger partial charge in [0, 0.05) is 5.02 Å². The van der Waals surface area contributed by atoms with Crippen molar-refractivity contribution < 1.29 is 14.3 Å². The first kappa shape index (κ1) is 23.1. The van der Waals surface area contributed by atoms with Gasteiger partial charge >= 0.3 is 0 Å². The second-order valence-electron chi connectivity index (χ2n) is 7.09. The summed E-state index contributed by atoms with van der Waals surface area (Å²) >= 11 is 14.0. The standard InChI is InChI=1S/C24H16Br2ClNO3S/c1-14-4-2-5-15(8-14)13-31-22-19(25)9-16(10-20(22)26)11-21-23(29)28(24(30)32-21)18-7-3-6-17(27)12-18/h2-12H,13H2,1H3/b21-11+. The molecule has 0 aromatic heterocycles. The van der Waals surface area contributed by atoms with Crippen molar-refractivity contribution in [2.45, 2.75) is 13.5 Å². The molecule has 0 bridgehead atoms. The summed E-state index contributed by atoms with van der Waals surface area (Å²) < 4.78 is 7.47. The van der Waals surface area contributed by atoms with Crippen LogP contribution in [0.3, 0.4) is 0 Å². The summed E-state index contributed by atoms with van der Waals surface area (Å²) in [6, 6.07) is 18.5. The molecule has 1 aliphatic rings. The summed E-state index contributed by atoms with van der Waals surface area (Å²) in [5, 5.41) is 0.0967. The molecule has 0 atom stereocenters. The quantitative estimate of drug-likeness (QED) is 0.281. The molecule has 4 rings (SSSR count). The zero-order valence-electron chi connectivity index (χ0n) is 16.8. The third kappa shape index (κ3) is 5.12. The number of hydrogen-bond acceptors (Lipinski definition) is 4. The molecule has 8 heteroatoms. The summed E-state index contributed by atoms with van der Waals surface area (Å²) in [5.74, 6) is 0.282. The monoisotopic (exact) mass is 591 g/mol. The fraction of sp³-hybridized carbons (Fsp3) is 0.0833. The number of rotatable bonds is 5. The lowest BCUT2D eigenvalue weighted by Gasteiger charge is -2.13. The Hall–Kier alpha value is -2.06. The summed E-state index contributed by atoms with van der Waals surface area (Å²) in [6.07, 6.45) is 1.69. The molecule has 0 N–H and O–H groups in total. The van der Waals surface area contributed by atoms with Crippen LogP contribution in [0.5, 0.6) is 5.75 Å². The van der Waals surface area contributed by atoms with Gasteiger partial charge in [0.25, 0.3) is 11.1 Å². The minimum Gasteiger partial charge on any atom is -0.487 e. The summed E-state index contributed by atoms with van der Waals surface area (Å²) in [7, 11) is 0. The van der Waals surface area contributed by atoms with Gasteiger partial charge in [-0.1, -0.05) is 47.5 Å². The maximum atomic E-state index is 12.9. The lowest BCUT2D eigenvalue weighted by Crippen LogP contribution is -2.27. The van der Waals surface area contributed by atoms with Crippen LogP contribution in [-0.2, 0) is 11.4 Å². The third-order valence-electron chi connectivity index (χ3n) is 4.64. The van der Waals surface area contributed by atoms with Crippen LogP contribution in [-0.4, -0.2) is 11.1 Å². The van der Waals surface area contributed by atoms with Crippen molar-refractivity contribution in [3.8, 4) is 5.75 Å². The van der Waals surface area contributed by atoms with E-state index in [1.54, 1.807) is 30.3 Å². The third-order valence-corrected chi connectivity index (χ3v) is 6.93. The van der Waals surface area contributed by atoms with E-state index in [0.29, 0.717) is 28.0 Å². The zero-order chi connectivity index (χ0) is 22.8. The van der Waals surface area contributed by atoms with Crippen molar-refractivity contribution in [2.75, 3.05) is 4.90 Å². The second-order valence-corrected chi connectivity index (χ2v) is 10.2. The number of ether oxygens (including phenoxy) is 1. The van der Waals surface area contributed by atoms with Crippen LogP contribution >= 0.6 is 55.2 Å². The predicted octanol–water partition coefficient (Wildman–Crippen LogP) is 7.99. The van der Waals surface area contributed by atoms with Crippen LogP contribution < -0.4 is 9.64 Å². The van der Waals surface area contributed by atoms with Crippen molar-refractivity contribution >= 4 is 78.1 Å². The number of benzene rings is 3. The fourth-order valence-corrected chi connectivity index (χ4v) is 5.69. The molecule has 3 aromatic carbocycles. The van der Waals surface area contributed by atoms with E-state index in [9.17, 15) is 9.59 Å². The molecule has 0 unspecified atom stereocenters. The molecule has 3 aromatic rings. The minimum atomic E-state index is -0.380. The molecule has 0 radical (unpaired) electrons. The van der Waals surface area contributed by atoms with Crippen molar-refractivity contribution in [2.24, 2.45) is 0 Å². The highest BCUT2D eigenvalue weighted by Gasteiger charge is 2.36. The number of carbonyl (C=O) groups is 2. The lowest BCUT2D eigenvalue weighted by atomic mass is 10.1. The van der Waals surface area contributed by atoms with Gasteiger partial charge < -0.3 is 4.74 Å². The van der Waals surface area contributed by atoms with Gasteiger partial charge in [-0.25, -0.2) is 4.90 Å². The van der Waals surface area contributed by atoms with Crippen LogP contribution in [0.15, 0.2) is 74.5 Å². The number of amides is 2. The Morgan fingerprint density at radius 2 is 1.75 bits per heavy atom. The minimum absolute atomic E-state index is 0.335. The number of aryl methyl sites for hydroxylation is 1. The Bertz CT molecular complexity index is 1240. The first-order chi connectivity index (χ1) is 15.3. The van der Waals surface area contributed by atoms with Gasteiger partial charge in [0.05, 0.1) is 19.5 Å². The number of imide groups is 1. The van der Waals surface area contributed by atoms with Gasteiger partial charge in [0.1, 0.15) is 12.4 Å². The van der Waals surface area contributed by atoms with E-state index < -0.39 is 0 Å².